The fraction of sp³-hybridized carbons (Fsp3) is 0.556. The van der Waals surface area contributed by atoms with Crippen molar-refractivity contribution in [2.75, 3.05) is 19.6 Å². The summed E-state index contributed by atoms with van der Waals surface area (Å²) in [5.41, 5.74) is 1.18. The summed E-state index contributed by atoms with van der Waals surface area (Å²) in [6.45, 7) is 1.60. The third kappa shape index (κ3) is 4.04. The highest BCUT2D eigenvalue weighted by Gasteiger charge is 2.43. The van der Waals surface area contributed by atoms with E-state index in [1.54, 1.807) is 17.0 Å². The van der Waals surface area contributed by atoms with Gasteiger partial charge in [-0.3, -0.25) is 4.79 Å². The molecule has 2 aliphatic rings. The number of rotatable bonds is 5. The Kier molecular flexibility index (Phi) is 4.73. The van der Waals surface area contributed by atoms with Gasteiger partial charge in [-0.25, -0.2) is 9.18 Å². The molecule has 2 fully saturated rings. The van der Waals surface area contributed by atoms with Crippen LogP contribution in [0.1, 0.15) is 31.2 Å². The van der Waals surface area contributed by atoms with Crippen molar-refractivity contribution in [2.45, 2.75) is 32.1 Å². The van der Waals surface area contributed by atoms with Gasteiger partial charge in [-0.1, -0.05) is 12.1 Å². The van der Waals surface area contributed by atoms with E-state index >= 15 is 0 Å². The first-order chi connectivity index (χ1) is 11.5. The number of carbonyl (C=O) groups excluding carboxylic acids is 1. The highest BCUT2D eigenvalue weighted by atomic mass is 19.1. The summed E-state index contributed by atoms with van der Waals surface area (Å²) >= 11 is 0. The Hall–Kier alpha value is -2.11. The van der Waals surface area contributed by atoms with Gasteiger partial charge in [0.05, 0.1) is 5.92 Å². The molecule has 1 saturated heterocycles. The number of carbonyl (C=O) groups is 2. The summed E-state index contributed by atoms with van der Waals surface area (Å²) in [7, 11) is 0. The lowest BCUT2D eigenvalue weighted by Gasteiger charge is -2.30. The molecule has 0 atom stereocenters. The molecule has 0 spiro atoms. The van der Waals surface area contributed by atoms with Gasteiger partial charge < -0.3 is 15.3 Å². The van der Waals surface area contributed by atoms with Crippen molar-refractivity contribution in [3.8, 4) is 0 Å². The Balaban J connectivity index is 1.46. The summed E-state index contributed by atoms with van der Waals surface area (Å²) in [6.07, 6.45) is 4.00. The van der Waals surface area contributed by atoms with Crippen LogP contribution in [0.3, 0.4) is 0 Å². The van der Waals surface area contributed by atoms with E-state index in [-0.39, 0.29) is 23.2 Å². The first-order valence-corrected chi connectivity index (χ1v) is 8.47. The van der Waals surface area contributed by atoms with E-state index in [4.69, 9.17) is 5.11 Å². The Morgan fingerprint density at radius 1 is 1.21 bits per heavy atom. The Morgan fingerprint density at radius 3 is 2.38 bits per heavy atom. The minimum absolute atomic E-state index is 0.0902. The lowest BCUT2D eigenvalue weighted by molar-refractivity contribution is -0.143. The molecule has 5 nitrogen and oxygen atoms in total. The zero-order valence-electron chi connectivity index (χ0n) is 13.6. The third-order valence-electron chi connectivity index (χ3n) is 5.20. The van der Waals surface area contributed by atoms with Crippen LogP contribution in [-0.4, -0.2) is 41.6 Å². The van der Waals surface area contributed by atoms with E-state index in [0.29, 0.717) is 32.5 Å². The normalized spacial score (nSPS) is 19.8. The lowest BCUT2D eigenvalue weighted by atomic mass is 9.96. The van der Waals surface area contributed by atoms with E-state index in [2.05, 4.69) is 5.32 Å². The predicted octanol–water partition coefficient (Wildman–Crippen LogP) is 2.65. The third-order valence-corrected chi connectivity index (χ3v) is 5.20. The number of hydrogen-bond donors (Lipinski definition) is 2. The number of nitrogens with one attached hydrogen (secondary N) is 1. The van der Waals surface area contributed by atoms with Gasteiger partial charge in [0.1, 0.15) is 5.82 Å². The van der Waals surface area contributed by atoms with Crippen LogP contribution < -0.4 is 5.32 Å². The number of urea groups is 1. The number of hydrogen-bond acceptors (Lipinski definition) is 2. The minimum atomic E-state index is -0.772. The average molecular weight is 334 g/mol. The molecular weight excluding hydrogens is 311 g/mol. The molecule has 1 aromatic rings. The molecule has 130 valence electrons. The zero-order valence-corrected chi connectivity index (χ0v) is 13.6. The fourth-order valence-electron chi connectivity index (χ4n) is 3.33. The van der Waals surface area contributed by atoms with Gasteiger partial charge in [0.2, 0.25) is 0 Å². The molecule has 0 radical (unpaired) electrons. The quantitative estimate of drug-likeness (QED) is 0.870. The summed E-state index contributed by atoms with van der Waals surface area (Å²) < 4.78 is 13.0. The summed E-state index contributed by atoms with van der Waals surface area (Å²) in [5.74, 6) is -1.34. The first-order valence-electron chi connectivity index (χ1n) is 8.47. The Labute approximate surface area is 140 Å². The minimum Gasteiger partial charge on any atom is -0.481 e. The molecule has 3 rings (SSSR count). The fourth-order valence-corrected chi connectivity index (χ4v) is 3.33. The van der Waals surface area contributed by atoms with Crippen LogP contribution in [0.15, 0.2) is 24.3 Å². The molecule has 1 saturated carbocycles. The van der Waals surface area contributed by atoms with E-state index in [0.717, 1.165) is 24.8 Å². The summed E-state index contributed by atoms with van der Waals surface area (Å²) in [5, 5.41) is 12.0. The standard InChI is InChI=1S/C18H23FN2O3/c19-15-3-1-13(2-4-15)11-18(7-8-18)12-20-17(24)21-9-5-14(6-10-21)16(22)23/h1-4,14H,5-12H2,(H,20,24)(H,22,23). The van der Waals surface area contributed by atoms with E-state index < -0.39 is 5.97 Å². The second-order valence-corrected chi connectivity index (χ2v) is 7.06. The van der Waals surface area contributed by atoms with Crippen molar-refractivity contribution in [1.29, 1.82) is 0 Å². The number of carboxylic acid groups (broad SMARTS) is 1. The highest BCUT2D eigenvalue weighted by Crippen LogP contribution is 2.47. The molecule has 6 heteroatoms. The number of piperidine rings is 1. The number of carboxylic acids is 1. The van der Waals surface area contributed by atoms with Crippen LogP contribution in [0.4, 0.5) is 9.18 Å². The van der Waals surface area contributed by atoms with Gasteiger partial charge in [-0.15, -0.1) is 0 Å². The van der Waals surface area contributed by atoms with Gasteiger partial charge in [-0.05, 0) is 55.2 Å². The zero-order chi connectivity index (χ0) is 17.2. The van der Waals surface area contributed by atoms with E-state index in [1.165, 1.54) is 12.1 Å². The maximum atomic E-state index is 13.0. The topological polar surface area (TPSA) is 69.6 Å². The number of likely N-dealkylation sites (tertiary alicyclic amines) is 1. The van der Waals surface area contributed by atoms with Crippen molar-refractivity contribution < 1.29 is 19.1 Å². The Morgan fingerprint density at radius 2 is 1.83 bits per heavy atom. The van der Waals surface area contributed by atoms with Gasteiger partial charge in [-0.2, -0.15) is 0 Å². The monoisotopic (exact) mass is 334 g/mol. The highest BCUT2D eigenvalue weighted by molar-refractivity contribution is 5.75. The van der Waals surface area contributed by atoms with Crippen LogP contribution in [0.5, 0.6) is 0 Å². The van der Waals surface area contributed by atoms with Crippen LogP contribution in [0.25, 0.3) is 0 Å². The molecular formula is C18H23FN2O3. The van der Waals surface area contributed by atoms with E-state index in [9.17, 15) is 14.0 Å². The van der Waals surface area contributed by atoms with Crippen LogP contribution in [0, 0.1) is 17.2 Å². The largest absolute Gasteiger partial charge is 0.481 e. The van der Waals surface area contributed by atoms with Gasteiger partial charge in [0.15, 0.2) is 0 Å². The van der Waals surface area contributed by atoms with Crippen molar-refractivity contribution in [3.63, 3.8) is 0 Å². The Bertz CT molecular complexity index is 605. The molecule has 0 unspecified atom stereocenters. The molecule has 2 amide bonds. The second kappa shape index (κ2) is 6.79. The van der Waals surface area contributed by atoms with Gasteiger partial charge in [0.25, 0.3) is 0 Å². The SMILES string of the molecule is O=C(O)C1CCN(C(=O)NCC2(Cc3ccc(F)cc3)CC2)CC1. The molecule has 0 bridgehead atoms. The van der Waals surface area contributed by atoms with E-state index in [1.807, 2.05) is 0 Å². The van der Waals surface area contributed by atoms with Crippen molar-refractivity contribution in [3.05, 3.63) is 35.6 Å². The lowest BCUT2D eigenvalue weighted by Crippen LogP contribution is -2.47. The number of halogens is 1. The molecule has 2 N–H and O–H groups in total. The summed E-state index contributed by atoms with van der Waals surface area (Å²) in [4.78, 5) is 24.9. The number of benzene rings is 1. The van der Waals surface area contributed by atoms with Crippen LogP contribution >= 0.6 is 0 Å². The molecule has 1 aliphatic heterocycles. The van der Waals surface area contributed by atoms with Crippen molar-refractivity contribution in [1.82, 2.24) is 10.2 Å². The maximum Gasteiger partial charge on any atom is 0.317 e. The number of nitrogens with zero attached hydrogens (tertiary/aromatic N) is 1. The van der Waals surface area contributed by atoms with Crippen molar-refractivity contribution >= 4 is 12.0 Å². The van der Waals surface area contributed by atoms with Crippen LogP contribution in [0.2, 0.25) is 0 Å². The van der Waals surface area contributed by atoms with Crippen molar-refractivity contribution in [2.24, 2.45) is 11.3 Å². The summed E-state index contributed by atoms with van der Waals surface area (Å²) in [6, 6.07) is 6.43. The molecule has 1 aromatic carbocycles. The number of aliphatic carboxylic acids is 1. The smallest absolute Gasteiger partial charge is 0.317 e. The first kappa shape index (κ1) is 16.7. The number of amides is 2. The predicted molar refractivity (Wildman–Crippen MR) is 87.1 cm³/mol. The average Bonchev–Trinajstić information content (AvgIpc) is 3.35. The molecule has 0 aromatic heterocycles. The maximum absolute atomic E-state index is 13.0. The molecule has 24 heavy (non-hydrogen) atoms. The van der Waals surface area contributed by atoms with Gasteiger partial charge >= 0.3 is 12.0 Å². The molecule has 1 heterocycles. The van der Waals surface area contributed by atoms with Gasteiger partial charge in [0, 0.05) is 19.6 Å². The molecule has 1 aliphatic carbocycles. The second-order valence-electron chi connectivity index (χ2n) is 7.06. The van der Waals surface area contributed by atoms with Crippen LogP contribution in [-0.2, 0) is 11.2 Å².